The Labute approximate surface area is 144 Å². The van der Waals surface area contributed by atoms with Gasteiger partial charge in [-0.25, -0.2) is 4.68 Å². The summed E-state index contributed by atoms with van der Waals surface area (Å²) in [7, 11) is 1.53. The van der Waals surface area contributed by atoms with Crippen molar-refractivity contribution in [3.8, 4) is 5.75 Å². The van der Waals surface area contributed by atoms with Gasteiger partial charge < -0.3 is 14.4 Å². The number of carbonyl (C=O) groups excluding carboxylic acids is 1. The fraction of sp³-hybridized carbons (Fsp3) is 0.438. The van der Waals surface area contributed by atoms with Gasteiger partial charge in [-0.05, 0) is 24.6 Å². The summed E-state index contributed by atoms with van der Waals surface area (Å²) < 4.78 is 13.1. The largest absolute Gasteiger partial charge is 0.496 e. The number of fused-ring (bicyclic) bond motifs is 3. The summed E-state index contributed by atoms with van der Waals surface area (Å²) in [4.78, 5) is 14.7. The number of hydrogen-bond acceptors (Lipinski definition) is 5. The van der Waals surface area contributed by atoms with Gasteiger partial charge in [0.15, 0.2) is 0 Å². The molecular formula is C16H17ClN4O3. The quantitative estimate of drug-likeness (QED) is 0.829. The number of hydrogen-bond donors (Lipinski definition) is 0. The van der Waals surface area contributed by atoms with E-state index in [2.05, 4.69) is 10.3 Å². The van der Waals surface area contributed by atoms with Gasteiger partial charge in [-0.3, -0.25) is 4.79 Å². The lowest BCUT2D eigenvalue weighted by Gasteiger charge is -2.41. The Kier molecular flexibility index (Phi) is 3.90. The second-order valence-corrected chi connectivity index (χ2v) is 6.41. The van der Waals surface area contributed by atoms with Gasteiger partial charge in [0.05, 0.1) is 43.3 Å². The van der Waals surface area contributed by atoms with E-state index in [4.69, 9.17) is 21.1 Å². The second-order valence-electron chi connectivity index (χ2n) is 5.97. The highest BCUT2D eigenvalue weighted by molar-refractivity contribution is 6.30. The van der Waals surface area contributed by atoms with Gasteiger partial charge in [0.1, 0.15) is 5.75 Å². The third-order valence-corrected chi connectivity index (χ3v) is 4.84. The molecule has 3 heterocycles. The normalized spacial score (nSPS) is 22.7. The van der Waals surface area contributed by atoms with E-state index in [1.165, 1.54) is 7.11 Å². The molecule has 0 aliphatic carbocycles. The molecule has 126 valence electrons. The molecule has 4 rings (SSSR count). The standard InChI is InChI=1S/C16H17ClN4O3/c1-23-15-6-10(17)2-3-12(15)16(22)20-5-4-14-13(8-20)21-11(9-24-14)7-18-19-21/h2-3,6-7,13-14H,4-5,8-9H2,1H3/t13-,14-/m1/s1. The maximum absolute atomic E-state index is 12.9. The first-order valence-electron chi connectivity index (χ1n) is 7.81. The molecule has 2 aliphatic rings. The molecule has 8 heteroatoms. The summed E-state index contributed by atoms with van der Waals surface area (Å²) in [6.07, 6.45) is 2.54. The number of benzene rings is 1. The van der Waals surface area contributed by atoms with Gasteiger partial charge in [-0.15, -0.1) is 5.10 Å². The average molecular weight is 349 g/mol. The first kappa shape index (κ1) is 15.4. The van der Waals surface area contributed by atoms with Gasteiger partial charge in [-0.2, -0.15) is 0 Å². The highest BCUT2D eigenvalue weighted by Crippen LogP contribution is 2.32. The summed E-state index contributed by atoms with van der Waals surface area (Å²) in [5.41, 5.74) is 1.45. The van der Waals surface area contributed by atoms with E-state index in [9.17, 15) is 4.79 Å². The van der Waals surface area contributed by atoms with Crippen LogP contribution in [0.4, 0.5) is 0 Å². The molecule has 0 saturated carbocycles. The average Bonchev–Trinajstić information content (AvgIpc) is 3.09. The van der Waals surface area contributed by atoms with Crippen LogP contribution in [0.2, 0.25) is 5.02 Å². The summed E-state index contributed by atoms with van der Waals surface area (Å²) in [6, 6.07) is 5.05. The molecular weight excluding hydrogens is 332 g/mol. The lowest BCUT2D eigenvalue weighted by atomic mass is 9.99. The van der Waals surface area contributed by atoms with Gasteiger partial charge in [0.25, 0.3) is 5.91 Å². The first-order valence-corrected chi connectivity index (χ1v) is 8.18. The van der Waals surface area contributed by atoms with Crippen molar-refractivity contribution in [2.24, 2.45) is 0 Å². The number of piperidine rings is 1. The topological polar surface area (TPSA) is 69.5 Å². The van der Waals surface area contributed by atoms with Crippen LogP contribution in [0.15, 0.2) is 24.4 Å². The lowest BCUT2D eigenvalue weighted by molar-refractivity contribution is -0.0605. The molecule has 1 aromatic carbocycles. The number of likely N-dealkylation sites (tertiary alicyclic amines) is 1. The van der Waals surface area contributed by atoms with Crippen molar-refractivity contribution in [3.63, 3.8) is 0 Å². The summed E-state index contributed by atoms with van der Waals surface area (Å²) >= 11 is 5.98. The fourth-order valence-corrected chi connectivity index (χ4v) is 3.54. The molecule has 1 saturated heterocycles. The Bertz CT molecular complexity index is 778. The number of halogens is 1. The lowest BCUT2D eigenvalue weighted by Crippen LogP contribution is -2.49. The van der Waals surface area contributed by atoms with Crippen molar-refractivity contribution in [3.05, 3.63) is 40.7 Å². The highest BCUT2D eigenvalue weighted by Gasteiger charge is 2.38. The van der Waals surface area contributed by atoms with E-state index in [0.717, 1.165) is 12.1 Å². The highest BCUT2D eigenvalue weighted by atomic mass is 35.5. The number of ether oxygens (including phenoxy) is 2. The van der Waals surface area contributed by atoms with Crippen molar-refractivity contribution in [1.29, 1.82) is 0 Å². The van der Waals surface area contributed by atoms with Gasteiger partial charge >= 0.3 is 0 Å². The molecule has 1 aromatic heterocycles. The second kappa shape index (κ2) is 6.07. The number of amides is 1. The van der Waals surface area contributed by atoms with Crippen molar-refractivity contribution in [2.45, 2.75) is 25.2 Å². The number of aromatic nitrogens is 3. The van der Waals surface area contributed by atoms with Crippen molar-refractivity contribution in [1.82, 2.24) is 19.9 Å². The van der Waals surface area contributed by atoms with Crippen LogP contribution >= 0.6 is 11.6 Å². The van der Waals surface area contributed by atoms with Crippen molar-refractivity contribution >= 4 is 17.5 Å². The number of carbonyl (C=O) groups is 1. The zero-order valence-electron chi connectivity index (χ0n) is 13.2. The number of methoxy groups -OCH3 is 1. The maximum Gasteiger partial charge on any atom is 0.257 e. The summed E-state index contributed by atoms with van der Waals surface area (Å²) in [5.74, 6) is 0.408. The fourth-order valence-electron chi connectivity index (χ4n) is 3.38. The van der Waals surface area contributed by atoms with E-state index in [1.54, 1.807) is 24.4 Å². The zero-order chi connectivity index (χ0) is 16.7. The molecule has 2 atom stereocenters. The predicted molar refractivity (Wildman–Crippen MR) is 86.2 cm³/mol. The van der Waals surface area contributed by atoms with Crippen molar-refractivity contribution in [2.75, 3.05) is 20.2 Å². The molecule has 7 nitrogen and oxygen atoms in total. The summed E-state index contributed by atoms with van der Waals surface area (Å²) in [5, 5.41) is 8.65. The third kappa shape index (κ3) is 2.53. The van der Waals surface area contributed by atoms with E-state index in [1.807, 2.05) is 9.58 Å². The molecule has 1 fully saturated rings. The van der Waals surface area contributed by atoms with Crippen LogP contribution in [0.1, 0.15) is 28.5 Å². The van der Waals surface area contributed by atoms with Crippen LogP contribution in [0, 0.1) is 0 Å². The minimum atomic E-state index is -0.0748. The molecule has 2 aromatic rings. The molecule has 0 radical (unpaired) electrons. The molecule has 2 aliphatic heterocycles. The molecule has 0 spiro atoms. The van der Waals surface area contributed by atoms with E-state index in [0.29, 0.717) is 36.0 Å². The minimum absolute atomic E-state index is 0.00718. The molecule has 24 heavy (non-hydrogen) atoms. The SMILES string of the molecule is COc1cc(Cl)ccc1C(=O)N1CC[C@H]2OCc3cnnn3[C@@H]2C1. The van der Waals surface area contributed by atoms with Gasteiger partial charge in [0, 0.05) is 18.1 Å². The van der Waals surface area contributed by atoms with E-state index in [-0.39, 0.29) is 18.1 Å². The number of nitrogens with zero attached hydrogens (tertiary/aromatic N) is 4. The zero-order valence-corrected chi connectivity index (χ0v) is 13.9. The van der Waals surface area contributed by atoms with Gasteiger partial charge in [0.2, 0.25) is 0 Å². The predicted octanol–water partition coefficient (Wildman–Crippen LogP) is 1.93. The van der Waals surface area contributed by atoms with Crippen LogP contribution in [0.5, 0.6) is 5.75 Å². The summed E-state index contributed by atoms with van der Waals surface area (Å²) in [6.45, 7) is 1.69. The first-order chi connectivity index (χ1) is 11.7. The van der Waals surface area contributed by atoms with Crippen LogP contribution in [-0.4, -0.2) is 52.1 Å². The van der Waals surface area contributed by atoms with E-state index < -0.39 is 0 Å². The third-order valence-electron chi connectivity index (χ3n) is 4.61. The van der Waals surface area contributed by atoms with Gasteiger partial charge in [-0.1, -0.05) is 16.8 Å². The molecule has 1 amide bonds. The molecule has 0 bridgehead atoms. The minimum Gasteiger partial charge on any atom is -0.496 e. The number of rotatable bonds is 2. The monoisotopic (exact) mass is 348 g/mol. The Morgan fingerprint density at radius 2 is 2.33 bits per heavy atom. The Morgan fingerprint density at radius 3 is 3.17 bits per heavy atom. The van der Waals surface area contributed by atoms with Crippen LogP contribution in [0.25, 0.3) is 0 Å². The Balaban J connectivity index is 1.59. The Hall–Kier alpha value is -2.12. The molecule has 0 unspecified atom stereocenters. The van der Waals surface area contributed by atoms with Crippen LogP contribution < -0.4 is 4.74 Å². The molecule has 0 N–H and O–H groups in total. The van der Waals surface area contributed by atoms with Crippen LogP contribution in [-0.2, 0) is 11.3 Å². The maximum atomic E-state index is 12.9. The Morgan fingerprint density at radius 1 is 1.46 bits per heavy atom. The van der Waals surface area contributed by atoms with Crippen LogP contribution in [0.3, 0.4) is 0 Å². The van der Waals surface area contributed by atoms with Crippen molar-refractivity contribution < 1.29 is 14.3 Å². The van der Waals surface area contributed by atoms with E-state index >= 15 is 0 Å². The smallest absolute Gasteiger partial charge is 0.257 e.